The Morgan fingerprint density at radius 1 is 1.11 bits per heavy atom. The van der Waals surface area contributed by atoms with Crippen molar-refractivity contribution < 1.29 is 23.8 Å². The van der Waals surface area contributed by atoms with Gasteiger partial charge < -0.3 is 20.3 Å². The number of nitrogens with zero attached hydrogens (tertiary/aromatic N) is 3. The highest BCUT2D eigenvalue weighted by molar-refractivity contribution is 6.10. The van der Waals surface area contributed by atoms with Crippen molar-refractivity contribution in [2.24, 2.45) is 4.99 Å². The fourth-order valence-electron chi connectivity index (χ4n) is 4.24. The van der Waals surface area contributed by atoms with Gasteiger partial charge in [-0.2, -0.15) is 0 Å². The van der Waals surface area contributed by atoms with E-state index in [0.717, 1.165) is 16.8 Å². The van der Waals surface area contributed by atoms with Gasteiger partial charge >= 0.3 is 5.97 Å². The zero-order valence-electron chi connectivity index (χ0n) is 19.8. The fourth-order valence-corrected chi connectivity index (χ4v) is 4.24. The molecule has 2 aliphatic heterocycles. The standard InChI is InChI=1S/C26H29FN4O4.CH4/c1-30(2)20-7-3-17(4-8-20)19-6-10-24(29-16-19)34-21-11-13-31(14-12-21)25(32)22-15-18(26(33)35-27)5-9-23(22)28;/h3-9,15-16,21,24H,10-14,28H2,1-2H3;1H4. The Hall–Kier alpha value is -3.72. The number of amides is 1. The normalized spacial score (nSPS) is 17.7. The molecule has 4 rings (SSSR count). The summed E-state index contributed by atoms with van der Waals surface area (Å²) in [5.41, 5.74) is 9.57. The van der Waals surface area contributed by atoms with Crippen molar-refractivity contribution in [2.45, 2.75) is 39.0 Å². The number of allylic oxidation sites excluding steroid dienone is 1. The van der Waals surface area contributed by atoms with Crippen LogP contribution in [-0.2, 0) is 9.68 Å². The van der Waals surface area contributed by atoms with Gasteiger partial charge in [0.1, 0.15) is 0 Å². The van der Waals surface area contributed by atoms with E-state index >= 15 is 0 Å². The number of nitrogen functional groups attached to an aromatic ring is 1. The number of anilines is 2. The lowest BCUT2D eigenvalue weighted by atomic mass is 10.0. The summed E-state index contributed by atoms with van der Waals surface area (Å²) in [6.07, 6.45) is 5.74. The molecule has 0 spiro atoms. The van der Waals surface area contributed by atoms with Crippen molar-refractivity contribution in [3.8, 4) is 0 Å². The summed E-state index contributed by atoms with van der Waals surface area (Å²) in [4.78, 5) is 35.9. The van der Waals surface area contributed by atoms with Crippen LogP contribution in [0.25, 0.3) is 5.57 Å². The molecule has 1 amide bonds. The van der Waals surface area contributed by atoms with Crippen LogP contribution in [0.2, 0.25) is 0 Å². The number of carbonyl (C=O) groups is 2. The molecule has 9 heteroatoms. The van der Waals surface area contributed by atoms with E-state index in [4.69, 9.17) is 10.5 Å². The van der Waals surface area contributed by atoms with Gasteiger partial charge in [0.05, 0.1) is 17.2 Å². The minimum absolute atomic E-state index is 0. The largest absolute Gasteiger partial charge is 0.398 e. The van der Waals surface area contributed by atoms with Gasteiger partial charge in [0.2, 0.25) is 0 Å². The molecule has 2 aromatic rings. The molecule has 2 aromatic carbocycles. The predicted molar refractivity (Wildman–Crippen MR) is 140 cm³/mol. The molecule has 1 unspecified atom stereocenters. The second kappa shape index (κ2) is 11.8. The Kier molecular flexibility index (Phi) is 8.82. The van der Waals surface area contributed by atoms with E-state index in [1.165, 1.54) is 18.2 Å². The van der Waals surface area contributed by atoms with E-state index < -0.39 is 5.97 Å². The molecule has 0 aliphatic carbocycles. The Balaban J connectivity index is 0.00000361. The Labute approximate surface area is 211 Å². The third-order valence-corrected chi connectivity index (χ3v) is 6.30. The number of benzene rings is 2. The first kappa shape index (κ1) is 26.9. The molecule has 1 atom stereocenters. The number of dihydropyridines is 1. The number of nitrogens with two attached hydrogens (primary N) is 1. The molecule has 1 saturated heterocycles. The van der Waals surface area contributed by atoms with Gasteiger partial charge in [-0.1, -0.05) is 25.6 Å². The maximum Gasteiger partial charge on any atom is 0.379 e. The summed E-state index contributed by atoms with van der Waals surface area (Å²) in [7, 11) is 4.02. The molecule has 0 aromatic heterocycles. The van der Waals surface area contributed by atoms with Crippen molar-refractivity contribution >= 4 is 35.0 Å². The van der Waals surface area contributed by atoms with E-state index in [1.54, 1.807) is 4.90 Å². The van der Waals surface area contributed by atoms with E-state index in [9.17, 15) is 14.1 Å². The van der Waals surface area contributed by atoms with Gasteiger partial charge in [-0.15, -0.1) is 0 Å². The van der Waals surface area contributed by atoms with Gasteiger partial charge in [0, 0.05) is 55.7 Å². The van der Waals surface area contributed by atoms with Crippen LogP contribution in [0.15, 0.2) is 53.5 Å². The summed E-state index contributed by atoms with van der Waals surface area (Å²) in [6, 6.07) is 12.3. The summed E-state index contributed by atoms with van der Waals surface area (Å²) >= 11 is 0. The fraction of sp³-hybridized carbons (Fsp3) is 0.370. The smallest absolute Gasteiger partial charge is 0.379 e. The lowest BCUT2D eigenvalue weighted by Crippen LogP contribution is -2.42. The first-order valence-electron chi connectivity index (χ1n) is 11.5. The second-order valence-electron chi connectivity index (χ2n) is 8.86. The molecule has 1 fully saturated rings. The van der Waals surface area contributed by atoms with Crippen molar-refractivity contribution in [3.05, 3.63) is 65.2 Å². The number of aliphatic imine (C=N–C) groups is 1. The van der Waals surface area contributed by atoms with Crippen LogP contribution in [0, 0.1) is 0 Å². The maximum atomic E-state index is 12.9. The van der Waals surface area contributed by atoms with Crippen LogP contribution in [0.4, 0.5) is 15.9 Å². The van der Waals surface area contributed by atoms with Crippen molar-refractivity contribution in [1.82, 2.24) is 4.90 Å². The van der Waals surface area contributed by atoms with Gasteiger partial charge in [-0.3, -0.25) is 9.79 Å². The third kappa shape index (κ3) is 6.09. The van der Waals surface area contributed by atoms with Gasteiger partial charge in [0.15, 0.2) is 6.23 Å². The number of likely N-dealkylation sites (tertiary alicyclic amines) is 1. The Morgan fingerprint density at radius 2 is 1.81 bits per heavy atom. The van der Waals surface area contributed by atoms with Crippen LogP contribution in [0.1, 0.15) is 53.0 Å². The monoisotopic (exact) mass is 496 g/mol. The lowest BCUT2D eigenvalue weighted by Gasteiger charge is -2.33. The minimum Gasteiger partial charge on any atom is -0.398 e. The van der Waals surface area contributed by atoms with E-state index in [2.05, 4.69) is 45.2 Å². The van der Waals surface area contributed by atoms with Crippen LogP contribution >= 0.6 is 0 Å². The number of halogens is 1. The highest BCUT2D eigenvalue weighted by Gasteiger charge is 2.27. The SMILES string of the molecule is C.CN(C)c1ccc(C2=CCC(OC3CCN(C(=O)c4cc(C(=O)OF)ccc4N)CC3)N=C2)cc1. The number of rotatable bonds is 6. The quantitative estimate of drug-likeness (QED) is 0.591. The summed E-state index contributed by atoms with van der Waals surface area (Å²) in [6.45, 7) is 0.965. The molecule has 8 nitrogen and oxygen atoms in total. The Bertz CT molecular complexity index is 1140. The average Bonchev–Trinajstić information content (AvgIpc) is 2.89. The zero-order chi connectivity index (χ0) is 24.9. The maximum absolute atomic E-state index is 12.9. The minimum atomic E-state index is -1.16. The molecule has 2 heterocycles. The van der Waals surface area contributed by atoms with Crippen LogP contribution in [0.3, 0.4) is 0 Å². The number of hydrogen-bond donors (Lipinski definition) is 1. The molecule has 2 aliphatic rings. The molecule has 0 saturated carbocycles. The van der Waals surface area contributed by atoms with Gasteiger partial charge in [-0.05, 0) is 54.3 Å². The third-order valence-electron chi connectivity index (χ3n) is 6.30. The topological polar surface area (TPSA) is 97.5 Å². The summed E-state index contributed by atoms with van der Waals surface area (Å²) in [5.74, 6) is -1.47. The van der Waals surface area contributed by atoms with E-state index in [1.807, 2.05) is 20.3 Å². The molecule has 2 N–H and O–H groups in total. The van der Waals surface area contributed by atoms with Gasteiger partial charge in [-0.25, -0.2) is 9.74 Å². The van der Waals surface area contributed by atoms with Crippen LogP contribution in [0.5, 0.6) is 0 Å². The number of ether oxygens (including phenoxy) is 1. The molecule has 0 radical (unpaired) electrons. The average molecular weight is 497 g/mol. The number of piperidine rings is 1. The predicted octanol–water partition coefficient (Wildman–Crippen LogP) is 4.52. The zero-order valence-corrected chi connectivity index (χ0v) is 19.8. The first-order valence-corrected chi connectivity index (χ1v) is 11.5. The van der Waals surface area contributed by atoms with Crippen LogP contribution < -0.4 is 10.6 Å². The highest BCUT2D eigenvalue weighted by Crippen LogP contribution is 2.25. The summed E-state index contributed by atoms with van der Waals surface area (Å²) in [5, 5.41) is 0. The van der Waals surface area contributed by atoms with Crippen molar-refractivity contribution in [3.63, 3.8) is 0 Å². The van der Waals surface area contributed by atoms with Crippen LogP contribution in [-0.4, -0.2) is 62.5 Å². The molecular weight excluding hydrogens is 463 g/mol. The number of hydrogen-bond acceptors (Lipinski definition) is 7. The molecule has 0 bridgehead atoms. The molecule has 36 heavy (non-hydrogen) atoms. The van der Waals surface area contributed by atoms with E-state index in [-0.39, 0.29) is 42.5 Å². The Morgan fingerprint density at radius 3 is 2.39 bits per heavy atom. The lowest BCUT2D eigenvalue weighted by molar-refractivity contribution is -0.0788. The second-order valence-corrected chi connectivity index (χ2v) is 8.86. The molecular formula is C27H33FN4O4. The van der Waals surface area contributed by atoms with Gasteiger partial charge in [0.25, 0.3) is 5.91 Å². The van der Waals surface area contributed by atoms with E-state index in [0.29, 0.717) is 32.4 Å². The number of carbonyl (C=O) groups excluding carboxylic acids is 2. The molecule has 192 valence electrons. The van der Waals surface area contributed by atoms with Crippen molar-refractivity contribution in [1.29, 1.82) is 0 Å². The first-order chi connectivity index (χ1) is 16.9. The summed E-state index contributed by atoms with van der Waals surface area (Å²) < 4.78 is 18.4. The highest BCUT2D eigenvalue weighted by atomic mass is 19.3. The van der Waals surface area contributed by atoms with Crippen molar-refractivity contribution in [2.75, 3.05) is 37.8 Å².